The lowest BCUT2D eigenvalue weighted by Crippen LogP contribution is -2.59. The van der Waals surface area contributed by atoms with Crippen molar-refractivity contribution in [3.63, 3.8) is 0 Å². The predicted octanol–water partition coefficient (Wildman–Crippen LogP) is -0.0866. The fraction of sp³-hybridized carbons (Fsp3) is 1.00. The zero-order chi connectivity index (χ0) is 13.1. The Balaban J connectivity index is 0.00000289. The predicted molar refractivity (Wildman–Crippen MR) is 74.3 cm³/mol. The van der Waals surface area contributed by atoms with Crippen LogP contribution in [-0.2, 0) is 14.9 Å². The van der Waals surface area contributed by atoms with Gasteiger partial charge >= 0.3 is 0 Å². The van der Waals surface area contributed by atoms with Gasteiger partial charge in [-0.2, -0.15) is 17.0 Å². The molecule has 8 heteroatoms. The zero-order valence-electron chi connectivity index (χ0n) is 11.4. The standard InChI is InChI=1S/C10H23N3O3S.ClH/c1-9-10(2)13(6-5-11-9)17(14,15)12(3)7-8-16-4;/h9-11H,5-8H2,1-4H3;1H. The summed E-state index contributed by atoms with van der Waals surface area (Å²) < 4.78 is 32.4. The third-order valence-electron chi connectivity index (χ3n) is 3.28. The summed E-state index contributed by atoms with van der Waals surface area (Å²) in [5.74, 6) is 0. The topological polar surface area (TPSA) is 61.9 Å². The number of nitrogens with zero attached hydrogens (tertiary/aromatic N) is 2. The normalized spacial score (nSPS) is 26.1. The molecule has 1 aliphatic heterocycles. The van der Waals surface area contributed by atoms with Gasteiger partial charge < -0.3 is 10.1 Å². The van der Waals surface area contributed by atoms with Gasteiger partial charge in [0.2, 0.25) is 0 Å². The first-order valence-electron chi connectivity index (χ1n) is 5.86. The molecule has 0 aromatic rings. The fourth-order valence-electron chi connectivity index (χ4n) is 1.87. The van der Waals surface area contributed by atoms with Crippen LogP contribution in [0, 0.1) is 0 Å². The maximum absolute atomic E-state index is 12.3. The summed E-state index contributed by atoms with van der Waals surface area (Å²) in [6.45, 7) is 5.93. The smallest absolute Gasteiger partial charge is 0.282 e. The molecule has 0 bridgehead atoms. The molecule has 110 valence electrons. The number of nitrogens with one attached hydrogen (secondary N) is 1. The number of methoxy groups -OCH3 is 1. The Morgan fingerprint density at radius 1 is 1.44 bits per heavy atom. The number of ether oxygens (including phenoxy) is 1. The van der Waals surface area contributed by atoms with Crippen molar-refractivity contribution in [3.8, 4) is 0 Å². The Hall–Kier alpha value is 0.0800. The van der Waals surface area contributed by atoms with E-state index in [4.69, 9.17) is 4.74 Å². The van der Waals surface area contributed by atoms with E-state index in [9.17, 15) is 8.42 Å². The molecule has 6 nitrogen and oxygen atoms in total. The van der Waals surface area contributed by atoms with E-state index in [0.29, 0.717) is 26.2 Å². The maximum Gasteiger partial charge on any atom is 0.282 e. The Morgan fingerprint density at radius 3 is 2.61 bits per heavy atom. The molecule has 0 amide bonds. The fourth-order valence-corrected chi connectivity index (χ4v) is 3.45. The second-order valence-corrected chi connectivity index (χ2v) is 6.40. The molecule has 18 heavy (non-hydrogen) atoms. The van der Waals surface area contributed by atoms with Crippen LogP contribution < -0.4 is 5.32 Å². The lowest BCUT2D eigenvalue weighted by atomic mass is 10.1. The number of likely N-dealkylation sites (N-methyl/N-ethyl adjacent to an activating group) is 1. The quantitative estimate of drug-likeness (QED) is 0.771. The number of halogens is 1. The molecule has 1 aliphatic rings. The van der Waals surface area contributed by atoms with Gasteiger partial charge in [0.1, 0.15) is 0 Å². The van der Waals surface area contributed by atoms with Crippen LogP contribution in [0.3, 0.4) is 0 Å². The van der Waals surface area contributed by atoms with Gasteiger partial charge in [-0.25, -0.2) is 0 Å². The molecular weight excluding hydrogens is 278 g/mol. The zero-order valence-corrected chi connectivity index (χ0v) is 13.1. The third-order valence-corrected chi connectivity index (χ3v) is 5.35. The number of rotatable bonds is 5. The van der Waals surface area contributed by atoms with Crippen molar-refractivity contribution in [2.24, 2.45) is 0 Å². The average Bonchev–Trinajstić information content (AvgIpc) is 2.29. The number of hydrogen-bond acceptors (Lipinski definition) is 4. The van der Waals surface area contributed by atoms with Crippen LogP contribution in [0.1, 0.15) is 13.8 Å². The lowest BCUT2D eigenvalue weighted by Gasteiger charge is -2.39. The van der Waals surface area contributed by atoms with Crippen molar-refractivity contribution in [3.05, 3.63) is 0 Å². The molecule has 1 rings (SSSR count). The summed E-state index contributed by atoms with van der Waals surface area (Å²) in [5, 5.41) is 3.27. The first-order valence-corrected chi connectivity index (χ1v) is 7.26. The minimum atomic E-state index is -3.37. The highest BCUT2D eigenvalue weighted by Gasteiger charge is 2.35. The summed E-state index contributed by atoms with van der Waals surface area (Å²) in [6.07, 6.45) is 0. The average molecular weight is 302 g/mol. The second kappa shape index (κ2) is 7.62. The lowest BCUT2D eigenvalue weighted by molar-refractivity contribution is 0.175. The minimum absolute atomic E-state index is 0. The first kappa shape index (κ1) is 18.1. The number of piperazine rings is 1. The summed E-state index contributed by atoms with van der Waals surface area (Å²) in [4.78, 5) is 0. The SMILES string of the molecule is COCCN(C)S(=O)(=O)N1CCNC(C)C1C.Cl. The van der Waals surface area contributed by atoms with Crippen LogP contribution in [0.25, 0.3) is 0 Å². The summed E-state index contributed by atoms with van der Waals surface area (Å²) >= 11 is 0. The minimum Gasteiger partial charge on any atom is -0.383 e. The maximum atomic E-state index is 12.3. The molecule has 1 saturated heterocycles. The molecule has 0 radical (unpaired) electrons. The van der Waals surface area contributed by atoms with Crippen LogP contribution in [0.2, 0.25) is 0 Å². The molecule has 0 saturated carbocycles. The van der Waals surface area contributed by atoms with Gasteiger partial charge in [0, 0.05) is 45.9 Å². The van der Waals surface area contributed by atoms with Crippen LogP contribution in [0.5, 0.6) is 0 Å². The van der Waals surface area contributed by atoms with Gasteiger partial charge in [-0.3, -0.25) is 0 Å². The van der Waals surface area contributed by atoms with Crippen molar-refractivity contribution in [2.75, 3.05) is 40.4 Å². The van der Waals surface area contributed by atoms with Crippen LogP contribution in [0.4, 0.5) is 0 Å². The largest absolute Gasteiger partial charge is 0.383 e. The summed E-state index contributed by atoms with van der Waals surface area (Å²) in [7, 11) is -0.213. The van der Waals surface area contributed by atoms with Crippen molar-refractivity contribution in [1.82, 2.24) is 13.9 Å². The van der Waals surface area contributed by atoms with E-state index in [-0.39, 0.29) is 24.5 Å². The van der Waals surface area contributed by atoms with E-state index in [1.807, 2.05) is 13.8 Å². The van der Waals surface area contributed by atoms with E-state index < -0.39 is 10.2 Å². The van der Waals surface area contributed by atoms with Gasteiger partial charge in [-0.1, -0.05) is 0 Å². The van der Waals surface area contributed by atoms with Crippen molar-refractivity contribution in [2.45, 2.75) is 25.9 Å². The molecular formula is C10H24ClN3O3S. The molecule has 1 fully saturated rings. The molecule has 0 aromatic heterocycles. The molecule has 1 heterocycles. The molecule has 2 unspecified atom stereocenters. The van der Waals surface area contributed by atoms with Crippen molar-refractivity contribution < 1.29 is 13.2 Å². The summed E-state index contributed by atoms with van der Waals surface area (Å²) in [6, 6.07) is 0.146. The Kier molecular flexibility index (Phi) is 7.65. The first-order chi connectivity index (χ1) is 7.91. The number of hydrogen-bond donors (Lipinski definition) is 1. The van der Waals surface area contributed by atoms with Crippen LogP contribution >= 0.6 is 12.4 Å². The second-order valence-electron chi connectivity index (χ2n) is 4.42. The highest BCUT2D eigenvalue weighted by Crippen LogP contribution is 2.16. The van der Waals surface area contributed by atoms with Gasteiger partial charge in [0.25, 0.3) is 10.2 Å². The molecule has 0 spiro atoms. The van der Waals surface area contributed by atoms with E-state index in [2.05, 4.69) is 5.32 Å². The Labute approximate surface area is 116 Å². The van der Waals surface area contributed by atoms with Gasteiger partial charge in [-0.05, 0) is 13.8 Å². The van der Waals surface area contributed by atoms with E-state index >= 15 is 0 Å². The van der Waals surface area contributed by atoms with Crippen molar-refractivity contribution in [1.29, 1.82) is 0 Å². The Bertz CT molecular complexity index is 339. The monoisotopic (exact) mass is 301 g/mol. The Morgan fingerprint density at radius 2 is 2.06 bits per heavy atom. The van der Waals surface area contributed by atoms with E-state index in [1.165, 1.54) is 4.31 Å². The van der Waals surface area contributed by atoms with Gasteiger partial charge in [0.05, 0.1) is 6.61 Å². The van der Waals surface area contributed by atoms with E-state index in [0.717, 1.165) is 0 Å². The molecule has 1 N–H and O–H groups in total. The highest BCUT2D eigenvalue weighted by molar-refractivity contribution is 7.86. The highest BCUT2D eigenvalue weighted by atomic mass is 35.5. The van der Waals surface area contributed by atoms with Crippen LogP contribution in [0.15, 0.2) is 0 Å². The van der Waals surface area contributed by atoms with Crippen LogP contribution in [-0.4, -0.2) is 69.5 Å². The molecule has 0 aromatic carbocycles. The summed E-state index contributed by atoms with van der Waals surface area (Å²) in [5.41, 5.74) is 0. The molecule has 0 aliphatic carbocycles. The van der Waals surface area contributed by atoms with Gasteiger partial charge in [-0.15, -0.1) is 12.4 Å². The van der Waals surface area contributed by atoms with E-state index in [1.54, 1.807) is 18.5 Å². The molecule has 2 atom stereocenters. The third kappa shape index (κ3) is 4.04. The van der Waals surface area contributed by atoms with Gasteiger partial charge in [0.15, 0.2) is 0 Å². The van der Waals surface area contributed by atoms with Crippen molar-refractivity contribution >= 4 is 22.6 Å².